The number of amides is 2. The SMILES string of the molecule is C/C(=N\N)c1csc(-c2ccc(Cl)c(Cl)c2)c1O.CCN(CC)C(=O)C1CCN(C(=S)NN)CC1.CCOC(=O)C1CCCN(C(=S)NN)C1.COC(=O)C1CCN(C(=S)NN)CC1.COC(=O)CN1CCN(C(=O)OC(C)(C)C)CC1.NNC(=S)N1CCC(CO)CC1.NNC(=S)N1CCC(O)CC1.NNC(=S)N1CCCC(O)C1. The van der Waals surface area contributed by atoms with Gasteiger partial charge in [0.2, 0.25) is 5.91 Å². The van der Waals surface area contributed by atoms with Crippen LogP contribution >= 0.6 is 108 Å². The molecule has 8 heterocycles. The Bertz CT molecular complexity index is 3350. The molecule has 660 valence electrons. The number of thiophene rings is 1. The van der Waals surface area contributed by atoms with E-state index in [1.54, 1.807) is 35.4 Å². The molecule has 2 atom stereocenters. The van der Waals surface area contributed by atoms with Crippen molar-refractivity contribution in [2.45, 2.75) is 143 Å². The standard InChI is InChI=1S/C12H10Cl2N2OS.C12H22N2O4.C11H22N4OS.C9H17N3O2S.C8H15N3O2S.C7H15N3OS.2C6H13N3OS/c1-6(16-15)8-5-18-12(11(8)17)7-2-3-9(13)10(14)4-7;1-12(2,3)18-11(16)14-7-5-13(6-8-14)9-10(15)17-4;1-3-14(4-2)10(16)9-5-7-15(8-6-9)11(17)13-12;1-2-14-8(13)7-4-3-5-12(6-7)9(15)11-10;1-13-7(12)6-2-4-11(5-3-6)8(14)10-9;8-9-7(12)10-3-1-6(5-11)2-4-10;7-8-6(11)9-3-1-5(10)2-4-9;7-8-6(11)9-3-1-2-5(10)4-9/h2-5,17H,15H2,1H3;5-9H2,1-4H3;9H,3-8,12H2,1-2H3,(H,13,17);7H,2-6,10H2,1H3,(H,11,15);6H,2-5,9H2,1H3,(H,10,14);6,11H,1-5,8H2,(H,9,12);2*5,10H,1-4,7H2,(H,8,11)/b16-6+;;;;;;;. The second-order valence-electron chi connectivity index (χ2n) is 28.4. The molecule has 36 nitrogen and oxygen atoms in total. The monoisotopic (exact) mass is 1800 g/mol. The van der Waals surface area contributed by atoms with Crippen LogP contribution in [0.5, 0.6) is 5.75 Å². The molecule has 7 aliphatic rings. The maximum Gasteiger partial charge on any atom is 0.410 e. The topological polar surface area (TPSA) is 499 Å². The molecule has 7 saturated heterocycles. The highest BCUT2D eigenvalue weighted by Crippen LogP contribution is 2.40. The number of hydrazone groups is 1. The summed E-state index contributed by atoms with van der Waals surface area (Å²) >= 11 is 43.1. The summed E-state index contributed by atoms with van der Waals surface area (Å²) in [6.07, 6.45) is 9.75. The molecular weight excluding hydrogens is 1680 g/mol. The number of benzene rings is 1. The van der Waals surface area contributed by atoms with E-state index in [0.29, 0.717) is 109 Å². The second-order valence-corrected chi connectivity index (χ2v) is 32.4. The third-order valence-electron chi connectivity index (χ3n) is 19.3. The molecule has 24 N–H and O–H groups in total. The molecule has 116 heavy (non-hydrogen) atoms. The number of thiocarbonyl (C=S) groups is 6. The van der Waals surface area contributed by atoms with E-state index in [2.05, 4.69) is 47.1 Å². The van der Waals surface area contributed by atoms with Crippen LogP contribution in [0.2, 0.25) is 10.0 Å². The number of nitrogens with one attached hydrogen (secondary N) is 6. The smallest absolute Gasteiger partial charge is 0.410 e. The largest absolute Gasteiger partial charge is 0.506 e. The number of piperazine rings is 1. The van der Waals surface area contributed by atoms with Crippen molar-refractivity contribution >= 4 is 174 Å². The van der Waals surface area contributed by atoms with E-state index in [4.69, 9.17) is 157 Å². The van der Waals surface area contributed by atoms with Crippen LogP contribution < -0.4 is 73.5 Å². The zero-order valence-electron chi connectivity index (χ0n) is 68.2. The lowest BCUT2D eigenvalue weighted by molar-refractivity contribution is -0.149. The van der Waals surface area contributed by atoms with Crippen molar-refractivity contribution in [2.24, 2.45) is 69.7 Å². The highest BCUT2D eigenvalue weighted by molar-refractivity contribution is 7.81. The van der Waals surface area contributed by atoms with Gasteiger partial charge in [0.05, 0.1) is 77.6 Å². The van der Waals surface area contributed by atoms with Gasteiger partial charge in [0.25, 0.3) is 0 Å². The molecule has 1 aromatic heterocycles. The van der Waals surface area contributed by atoms with Gasteiger partial charge >= 0.3 is 24.0 Å². The molecule has 2 amide bonds. The summed E-state index contributed by atoms with van der Waals surface area (Å²) in [6.45, 7) is 27.6. The third kappa shape index (κ3) is 38.8. The molecule has 7 fully saturated rings. The van der Waals surface area contributed by atoms with Crippen LogP contribution in [0.15, 0.2) is 28.7 Å². The van der Waals surface area contributed by atoms with Crippen molar-refractivity contribution in [3.63, 3.8) is 0 Å². The maximum absolute atomic E-state index is 12.1. The number of methoxy groups -OCH3 is 2. The van der Waals surface area contributed by atoms with Crippen LogP contribution in [0.25, 0.3) is 10.4 Å². The number of carbonyl (C=O) groups excluding carboxylic acids is 5. The maximum atomic E-state index is 12.1. The Labute approximate surface area is 729 Å². The fourth-order valence-electron chi connectivity index (χ4n) is 12.5. The number of likely N-dealkylation sites (tertiary alicyclic amines) is 6. The van der Waals surface area contributed by atoms with Gasteiger partial charge in [0.1, 0.15) is 11.4 Å². The van der Waals surface area contributed by atoms with Gasteiger partial charge in [-0.05, 0) is 222 Å². The Morgan fingerprint density at radius 1 is 0.569 bits per heavy atom. The second kappa shape index (κ2) is 57.8. The summed E-state index contributed by atoms with van der Waals surface area (Å²) in [5.74, 6) is 36.8. The van der Waals surface area contributed by atoms with Crippen molar-refractivity contribution in [1.29, 1.82) is 0 Å². The first-order valence-corrected chi connectivity index (χ1v) is 42.5. The first-order chi connectivity index (χ1) is 55.1. The lowest BCUT2D eigenvalue weighted by Gasteiger charge is -2.34. The van der Waals surface area contributed by atoms with Gasteiger partial charge in [-0.2, -0.15) is 5.10 Å². The average molecular weight is 1810 g/mol. The van der Waals surface area contributed by atoms with E-state index in [1.165, 1.54) is 25.6 Å². The molecular formula is C71H127Cl2N23O13S7. The van der Waals surface area contributed by atoms with Crippen molar-refractivity contribution in [3.05, 3.63) is 39.2 Å². The molecule has 45 heteroatoms. The molecule has 2 aromatic rings. The summed E-state index contributed by atoms with van der Waals surface area (Å²) in [5, 5.41) is 47.0. The Balaban J connectivity index is 0.000000452. The zero-order chi connectivity index (χ0) is 87.2. The van der Waals surface area contributed by atoms with Gasteiger partial charge in [-0.3, -0.25) is 24.1 Å². The number of aromatic hydroxyl groups is 1. The molecule has 0 radical (unpaired) electrons. The quantitative estimate of drug-likeness (QED) is 0.0384. The van der Waals surface area contributed by atoms with Crippen LogP contribution in [-0.2, 0) is 38.1 Å². The normalized spacial score (nSPS) is 18.1. The fourth-order valence-corrected chi connectivity index (χ4v) is 14.8. The number of β-amino-alcohol motifs (C(OH)–C–C–N with tert-alkyl or cyclic N) is 1. The number of ether oxygens (including phenoxy) is 4. The van der Waals surface area contributed by atoms with Gasteiger partial charge in [0, 0.05) is 136 Å². The Kier molecular flexibility index (Phi) is 52.7. The van der Waals surface area contributed by atoms with Gasteiger partial charge in [-0.15, -0.1) is 11.3 Å². The average Bonchev–Trinajstić information content (AvgIpc) is 1.66. The highest BCUT2D eigenvalue weighted by atomic mass is 35.5. The third-order valence-corrected chi connectivity index (χ3v) is 23.3. The number of hydrogen-bond acceptors (Lipinski definition) is 29. The fraction of sp³-hybridized carbons (Fsp3) is 0.690. The number of nitrogens with zero attached hydrogens (tertiary/aromatic N) is 10. The minimum absolute atomic E-state index is 0.0109. The highest BCUT2D eigenvalue weighted by Gasteiger charge is 2.32. The number of esters is 3. The Morgan fingerprint density at radius 3 is 1.43 bits per heavy atom. The molecule has 2 unspecified atom stereocenters. The van der Waals surface area contributed by atoms with Crippen LogP contribution in [0, 0.1) is 23.7 Å². The number of piperidine rings is 6. The predicted octanol–water partition coefficient (Wildman–Crippen LogP) is 2.59. The van der Waals surface area contributed by atoms with E-state index < -0.39 is 5.60 Å². The van der Waals surface area contributed by atoms with Gasteiger partial charge < -0.3 is 117 Å². The number of aliphatic hydroxyl groups excluding tert-OH is 3. The summed E-state index contributed by atoms with van der Waals surface area (Å²) in [7, 11) is 2.79. The number of aliphatic hydroxyl groups is 3. The number of hydrazine groups is 6. The van der Waals surface area contributed by atoms with Crippen LogP contribution in [0.3, 0.4) is 0 Å². The Morgan fingerprint density at radius 2 is 1.02 bits per heavy atom. The zero-order valence-corrected chi connectivity index (χ0v) is 75.4. The number of carbonyl (C=O) groups is 5. The van der Waals surface area contributed by atoms with Crippen LogP contribution in [0.1, 0.15) is 131 Å². The van der Waals surface area contributed by atoms with E-state index in [-0.39, 0.29) is 78.8 Å². The molecule has 0 saturated carbocycles. The summed E-state index contributed by atoms with van der Waals surface area (Å²) < 4.78 is 19.6. The van der Waals surface area contributed by atoms with E-state index in [9.17, 15) is 34.2 Å². The van der Waals surface area contributed by atoms with Gasteiger partial charge in [-0.1, -0.05) is 29.3 Å². The predicted molar refractivity (Wildman–Crippen MR) is 478 cm³/mol. The number of halogens is 2. The minimum Gasteiger partial charge on any atom is -0.506 e. The first-order valence-electron chi connectivity index (χ1n) is 38.4. The molecule has 1 aromatic carbocycles. The van der Waals surface area contributed by atoms with Crippen LogP contribution in [-0.4, -0.2) is 300 Å². The van der Waals surface area contributed by atoms with Gasteiger partial charge in [-0.25, -0.2) is 39.9 Å². The van der Waals surface area contributed by atoms with Crippen LogP contribution in [0.4, 0.5) is 4.79 Å². The lowest BCUT2D eigenvalue weighted by atomic mass is 9.95. The minimum atomic E-state index is -0.472. The van der Waals surface area contributed by atoms with E-state index in [0.717, 1.165) is 161 Å². The number of rotatable bonds is 11. The van der Waals surface area contributed by atoms with Crippen molar-refractivity contribution in [3.8, 4) is 16.2 Å². The first kappa shape index (κ1) is 106. The van der Waals surface area contributed by atoms with Crippen molar-refractivity contribution in [1.82, 2.24) is 76.7 Å². The van der Waals surface area contributed by atoms with Crippen molar-refractivity contribution in [2.75, 3.05) is 152 Å². The number of nitrogens with two attached hydrogens (primary N) is 7. The summed E-state index contributed by atoms with van der Waals surface area (Å²) in [4.78, 5) is 75.7. The Hall–Kier alpha value is -6.34. The van der Waals surface area contributed by atoms with E-state index >= 15 is 0 Å². The lowest BCUT2D eigenvalue weighted by Crippen LogP contribution is -2.51. The number of hydrogen-bond donors (Lipinski definition) is 17. The molecule has 0 spiro atoms. The summed E-state index contributed by atoms with van der Waals surface area (Å²) in [5.41, 5.74) is 16.2. The van der Waals surface area contributed by atoms with E-state index in [1.807, 2.05) is 80.7 Å². The van der Waals surface area contributed by atoms with Gasteiger partial charge in [0.15, 0.2) is 30.7 Å². The molecule has 0 bridgehead atoms. The molecule has 9 rings (SSSR count). The summed E-state index contributed by atoms with van der Waals surface area (Å²) in [6, 6.07) is 5.22. The molecule has 7 aliphatic heterocycles. The van der Waals surface area contributed by atoms with Crippen molar-refractivity contribution < 1.29 is 63.3 Å². The molecule has 0 aliphatic carbocycles.